The summed E-state index contributed by atoms with van der Waals surface area (Å²) in [4.78, 5) is 6.00. The van der Waals surface area contributed by atoms with Crippen LogP contribution in [0.4, 0.5) is 22.9 Å². The van der Waals surface area contributed by atoms with E-state index in [1.807, 2.05) is 23.1 Å². The summed E-state index contributed by atoms with van der Waals surface area (Å²) in [7, 11) is 8.77. The van der Waals surface area contributed by atoms with Crippen molar-refractivity contribution < 1.29 is 9.13 Å². The molecule has 0 bridgehead atoms. The van der Waals surface area contributed by atoms with Crippen molar-refractivity contribution in [1.29, 1.82) is 0 Å². The normalized spacial score (nSPS) is 15.5. The molecule has 0 fully saturated rings. The predicted molar refractivity (Wildman–Crippen MR) is 243 cm³/mol. The topological polar surface area (TPSA) is 20.7 Å². The second kappa shape index (κ2) is 14.9. The highest BCUT2D eigenvalue weighted by Crippen LogP contribution is 2.47. The molecule has 2 aromatic heterocycles. The molecule has 0 radical (unpaired) electrons. The van der Waals surface area contributed by atoms with Crippen molar-refractivity contribution in [2.45, 2.75) is 17.2 Å². The van der Waals surface area contributed by atoms with Crippen LogP contribution < -0.4 is 23.9 Å². The number of rotatable bonds is 8. The fraction of sp³-hybridized carbons (Fsp3) is 0.120. The van der Waals surface area contributed by atoms with Gasteiger partial charge in [-0.15, -0.1) is 0 Å². The molecule has 0 saturated heterocycles. The average molecular weight is 793 g/mol. The van der Waals surface area contributed by atoms with E-state index in [1.165, 1.54) is 53.0 Å². The Morgan fingerprint density at radius 3 is 2.12 bits per heavy atom. The minimum absolute atomic E-state index is 0.149. The lowest BCUT2D eigenvalue weighted by Gasteiger charge is -2.40. The molecule has 8 aromatic rings. The Hall–Kier alpha value is -6.35. The minimum atomic E-state index is 0.149. The lowest BCUT2D eigenvalue weighted by molar-refractivity contribution is -0.648. The van der Waals surface area contributed by atoms with Crippen molar-refractivity contribution in [2.75, 3.05) is 36.0 Å². The summed E-state index contributed by atoms with van der Waals surface area (Å²) < 4.78 is 6.09. The SMILES string of the molecule is CN1C(=Cc2cc(N(C)N(C)C3=CC(Cc4sc5ccccc5[n+]4C)c4ccccc4N3c3ccccc3)[n+](-c3ccccc3)c3ccccc23)Sc2ccccc21. The van der Waals surface area contributed by atoms with Crippen LogP contribution in [0.5, 0.6) is 0 Å². The van der Waals surface area contributed by atoms with E-state index in [0.717, 1.165) is 35.0 Å². The van der Waals surface area contributed by atoms with E-state index >= 15 is 0 Å². The molecule has 10 rings (SSSR count). The van der Waals surface area contributed by atoms with E-state index in [0.29, 0.717) is 0 Å². The molecular formula is C50H44N6S2+2. The zero-order valence-electron chi connectivity index (χ0n) is 33.0. The minimum Gasteiger partial charge on any atom is -0.338 e. The van der Waals surface area contributed by atoms with Gasteiger partial charge < -0.3 is 4.90 Å². The number of benzene rings is 6. The zero-order chi connectivity index (χ0) is 39.3. The fourth-order valence-electron chi connectivity index (χ4n) is 8.47. The van der Waals surface area contributed by atoms with E-state index in [9.17, 15) is 0 Å². The summed E-state index contributed by atoms with van der Waals surface area (Å²) in [6.45, 7) is 0. The number of hydrogen-bond donors (Lipinski definition) is 0. The predicted octanol–water partition coefficient (Wildman–Crippen LogP) is 11.0. The van der Waals surface area contributed by atoms with Gasteiger partial charge in [0, 0.05) is 48.1 Å². The molecule has 4 heterocycles. The molecule has 2 aliphatic heterocycles. The number of aromatic nitrogens is 2. The zero-order valence-corrected chi connectivity index (χ0v) is 34.7. The Bertz CT molecular complexity index is 2880. The van der Waals surface area contributed by atoms with Gasteiger partial charge >= 0.3 is 5.82 Å². The first-order valence-corrected chi connectivity index (χ1v) is 21.3. The van der Waals surface area contributed by atoms with Crippen LogP contribution in [0.25, 0.3) is 32.9 Å². The molecule has 0 aliphatic carbocycles. The maximum absolute atomic E-state index is 2.48. The lowest BCUT2D eigenvalue weighted by atomic mass is 9.90. The second-order valence-corrected chi connectivity index (χ2v) is 17.1. The van der Waals surface area contributed by atoms with Gasteiger partial charge in [0.05, 0.1) is 22.8 Å². The molecule has 0 saturated carbocycles. The van der Waals surface area contributed by atoms with Crippen molar-refractivity contribution in [3.63, 3.8) is 0 Å². The van der Waals surface area contributed by atoms with Crippen LogP contribution in [0.1, 0.15) is 22.1 Å². The smallest absolute Gasteiger partial charge is 0.306 e. The van der Waals surface area contributed by atoms with Gasteiger partial charge in [-0.25, -0.2) is 5.01 Å². The number of thioether (sulfide) groups is 1. The van der Waals surface area contributed by atoms with Gasteiger partial charge in [0.1, 0.15) is 35.8 Å². The van der Waals surface area contributed by atoms with Crippen LogP contribution in [-0.4, -0.2) is 26.2 Å². The second-order valence-electron chi connectivity index (χ2n) is 14.9. The van der Waals surface area contributed by atoms with Crippen LogP contribution in [-0.2, 0) is 13.5 Å². The number of fused-ring (bicyclic) bond motifs is 4. The average Bonchev–Trinajstić information content (AvgIpc) is 3.77. The molecular weight excluding hydrogens is 749 g/mol. The molecule has 6 nitrogen and oxygen atoms in total. The Kier molecular flexibility index (Phi) is 9.23. The molecule has 1 atom stereocenters. The summed E-state index contributed by atoms with van der Waals surface area (Å²) in [6.07, 6.45) is 5.73. The molecule has 58 heavy (non-hydrogen) atoms. The largest absolute Gasteiger partial charge is 0.338 e. The Morgan fingerprint density at radius 2 is 1.34 bits per heavy atom. The van der Waals surface area contributed by atoms with Gasteiger partial charge in [-0.1, -0.05) is 120 Å². The standard InChI is InChI=1S/C50H44N6S2/c1-51-43-27-15-17-29-45(43)57-49(51)33-35-31-47(55(37-19-7-5-8-20-37)41-25-13-11-23-39(35)41)53(3)54(4)48-32-36(34-50-52(2)44-28-16-18-30-46(44)58-50)40-24-12-14-26-42(40)56(48)38-21-9-6-10-22-38/h5-33,36H,34H2,1-4H3/q+2. The van der Waals surface area contributed by atoms with Gasteiger partial charge in [-0.05, 0) is 77.9 Å². The third-order valence-corrected chi connectivity index (χ3v) is 13.9. The lowest BCUT2D eigenvalue weighted by Crippen LogP contribution is -2.49. The number of aryl methyl sites for hydroxylation is 1. The highest BCUT2D eigenvalue weighted by atomic mass is 32.2. The summed E-state index contributed by atoms with van der Waals surface area (Å²) in [6, 6.07) is 59.0. The van der Waals surface area contributed by atoms with Gasteiger partial charge in [0.2, 0.25) is 10.5 Å². The summed E-state index contributed by atoms with van der Waals surface area (Å²) in [5.74, 6) is 2.29. The first-order valence-electron chi connectivity index (χ1n) is 19.7. The molecule has 2 aliphatic rings. The van der Waals surface area contributed by atoms with Crippen LogP contribution in [0.15, 0.2) is 186 Å². The first-order chi connectivity index (χ1) is 28.4. The Balaban J connectivity index is 1.14. The van der Waals surface area contributed by atoms with Gasteiger partial charge in [0.25, 0.3) is 0 Å². The summed E-state index contributed by atoms with van der Waals surface area (Å²) in [5, 5.41) is 8.38. The fourth-order valence-corrected chi connectivity index (χ4v) is 10.8. The molecule has 0 amide bonds. The molecule has 8 heteroatoms. The van der Waals surface area contributed by atoms with Gasteiger partial charge in [-0.3, -0.25) is 4.90 Å². The summed E-state index contributed by atoms with van der Waals surface area (Å²) >= 11 is 3.72. The van der Waals surface area contributed by atoms with Gasteiger partial charge in [0.15, 0.2) is 0 Å². The molecule has 0 spiro atoms. The molecule has 6 aromatic carbocycles. The van der Waals surface area contributed by atoms with E-state index in [-0.39, 0.29) is 5.92 Å². The summed E-state index contributed by atoms with van der Waals surface area (Å²) in [5.41, 5.74) is 9.55. The van der Waals surface area contributed by atoms with E-state index < -0.39 is 0 Å². The first kappa shape index (κ1) is 36.0. The maximum atomic E-state index is 2.48. The number of thiazole rings is 1. The molecule has 1 unspecified atom stereocenters. The number of allylic oxidation sites excluding steroid dienone is 1. The number of anilines is 4. The van der Waals surface area contributed by atoms with E-state index in [2.05, 4.69) is 233 Å². The number of hydrogen-bond acceptors (Lipinski definition) is 6. The number of para-hydroxylation sites is 6. The molecule has 284 valence electrons. The number of nitrogens with zero attached hydrogens (tertiary/aromatic N) is 6. The van der Waals surface area contributed by atoms with Crippen LogP contribution in [0, 0.1) is 0 Å². The highest BCUT2D eigenvalue weighted by molar-refractivity contribution is 8.03. The van der Waals surface area contributed by atoms with Crippen LogP contribution >= 0.6 is 23.1 Å². The van der Waals surface area contributed by atoms with Gasteiger partial charge in [-0.2, -0.15) is 14.1 Å². The van der Waals surface area contributed by atoms with E-state index in [4.69, 9.17) is 0 Å². The van der Waals surface area contributed by atoms with Crippen molar-refractivity contribution in [2.24, 2.45) is 7.05 Å². The maximum Gasteiger partial charge on any atom is 0.306 e. The van der Waals surface area contributed by atoms with Crippen molar-refractivity contribution in [1.82, 2.24) is 5.01 Å². The Morgan fingerprint density at radius 1 is 0.690 bits per heavy atom. The molecule has 0 N–H and O–H groups in total. The van der Waals surface area contributed by atoms with Crippen molar-refractivity contribution in [3.05, 3.63) is 197 Å². The Labute approximate surface area is 348 Å². The number of hydrazine groups is 1. The van der Waals surface area contributed by atoms with Crippen LogP contribution in [0.3, 0.4) is 0 Å². The third-order valence-electron chi connectivity index (χ3n) is 11.5. The van der Waals surface area contributed by atoms with E-state index in [1.54, 1.807) is 0 Å². The monoisotopic (exact) mass is 792 g/mol. The quantitative estimate of drug-likeness (QED) is 0.113. The number of pyridine rings is 1. The highest BCUT2D eigenvalue weighted by Gasteiger charge is 2.36. The van der Waals surface area contributed by atoms with Crippen LogP contribution in [0.2, 0.25) is 0 Å². The third kappa shape index (κ3) is 6.20. The van der Waals surface area contributed by atoms with Crippen molar-refractivity contribution in [3.8, 4) is 5.69 Å². The van der Waals surface area contributed by atoms with Crippen molar-refractivity contribution >= 4 is 73.2 Å².